The van der Waals surface area contributed by atoms with E-state index in [1.165, 1.54) is 17.4 Å². The van der Waals surface area contributed by atoms with Crippen molar-refractivity contribution in [2.75, 3.05) is 17.7 Å². The molecular weight excluding hydrogens is 583 g/mol. The normalized spacial score (nSPS) is 13.3. The maximum absolute atomic E-state index is 13.2. The highest BCUT2D eigenvalue weighted by molar-refractivity contribution is 7.98. The summed E-state index contributed by atoms with van der Waals surface area (Å²) in [4.78, 5) is 27.4. The summed E-state index contributed by atoms with van der Waals surface area (Å²) in [5.41, 5.74) is 4.15. The smallest absolute Gasteiger partial charge is 0.396 e. The standard InChI is InChI=1S/C28H27ClF3N3O3S2/c29-22-10-9-17(14-21(22)28(30,31)32)15-33-35-26(38)24-20-7-1-2-8-23(20)40-27(24)34-25(37)19-6-3-5-18(13-19)16-39-12-4-11-36/h3,5-6,9-10,13-15,36H,1-2,4,7-8,11-12,16H2,(H,34,37)(H,35,38)/b33-15+. The Kier molecular flexibility index (Phi) is 10.3. The van der Waals surface area contributed by atoms with Gasteiger partial charge in [0.25, 0.3) is 11.8 Å². The molecule has 3 N–H and O–H groups in total. The first kappa shape index (κ1) is 30.1. The number of rotatable bonds is 10. The topological polar surface area (TPSA) is 90.8 Å². The molecule has 0 saturated heterocycles. The van der Waals surface area contributed by atoms with Gasteiger partial charge < -0.3 is 10.4 Å². The number of hydrogen-bond acceptors (Lipinski definition) is 6. The zero-order valence-corrected chi connectivity index (χ0v) is 23.7. The first-order chi connectivity index (χ1) is 19.2. The van der Waals surface area contributed by atoms with Crippen molar-refractivity contribution in [3.63, 3.8) is 0 Å². The average Bonchev–Trinajstić information content (AvgIpc) is 3.29. The van der Waals surface area contributed by atoms with Crippen LogP contribution in [0.3, 0.4) is 0 Å². The largest absolute Gasteiger partial charge is 0.417 e. The fourth-order valence-corrected chi connectivity index (χ4v) is 6.69. The maximum Gasteiger partial charge on any atom is 0.417 e. The van der Waals surface area contributed by atoms with E-state index in [0.29, 0.717) is 34.7 Å². The molecule has 40 heavy (non-hydrogen) atoms. The van der Waals surface area contributed by atoms with Crippen LogP contribution in [0.1, 0.15) is 67.1 Å². The van der Waals surface area contributed by atoms with Crippen molar-refractivity contribution < 1.29 is 27.9 Å². The Morgan fingerprint density at radius 2 is 1.93 bits per heavy atom. The Hall–Kier alpha value is -2.86. The number of alkyl halides is 3. The number of halogens is 4. The number of carbonyl (C=O) groups excluding carboxylic acids is 2. The molecular formula is C28H27ClF3N3O3S2. The number of thioether (sulfide) groups is 1. The average molecular weight is 610 g/mol. The molecule has 0 unspecified atom stereocenters. The lowest BCUT2D eigenvalue weighted by Crippen LogP contribution is -2.22. The molecule has 3 aromatic rings. The van der Waals surface area contributed by atoms with E-state index < -0.39 is 22.7 Å². The van der Waals surface area contributed by atoms with E-state index >= 15 is 0 Å². The van der Waals surface area contributed by atoms with Crippen molar-refractivity contribution >= 4 is 57.7 Å². The highest BCUT2D eigenvalue weighted by Gasteiger charge is 2.33. The van der Waals surface area contributed by atoms with Crippen LogP contribution in [0.5, 0.6) is 0 Å². The van der Waals surface area contributed by atoms with Crippen LogP contribution in [0, 0.1) is 0 Å². The molecule has 0 fully saturated rings. The van der Waals surface area contributed by atoms with Gasteiger partial charge in [0, 0.05) is 22.8 Å². The Balaban J connectivity index is 1.51. The van der Waals surface area contributed by atoms with Gasteiger partial charge >= 0.3 is 6.18 Å². The van der Waals surface area contributed by atoms with Crippen LogP contribution in [0.15, 0.2) is 47.6 Å². The number of aryl methyl sites for hydroxylation is 1. The summed E-state index contributed by atoms with van der Waals surface area (Å²) in [6.45, 7) is 0.140. The second-order valence-electron chi connectivity index (χ2n) is 9.14. The molecule has 0 atom stereocenters. The zero-order valence-electron chi connectivity index (χ0n) is 21.3. The molecule has 0 aliphatic heterocycles. The van der Waals surface area contributed by atoms with Gasteiger partial charge in [0.1, 0.15) is 5.00 Å². The molecule has 2 aromatic carbocycles. The van der Waals surface area contributed by atoms with Crippen LogP contribution >= 0.6 is 34.7 Å². The lowest BCUT2D eigenvalue weighted by molar-refractivity contribution is -0.137. The number of nitrogens with one attached hydrogen (secondary N) is 2. The van der Waals surface area contributed by atoms with Crippen LogP contribution in [0.4, 0.5) is 18.2 Å². The minimum atomic E-state index is -4.62. The van der Waals surface area contributed by atoms with Gasteiger partial charge in [0.2, 0.25) is 0 Å². The number of carbonyl (C=O) groups is 2. The second kappa shape index (κ2) is 13.7. The lowest BCUT2D eigenvalue weighted by atomic mass is 9.95. The molecule has 0 bridgehead atoms. The SMILES string of the molecule is O=C(Nc1sc2c(c1C(=O)N/N=C/c1ccc(Cl)c(C(F)(F)F)c1)CCCC2)c1cccc(CSCCCO)c1. The van der Waals surface area contributed by atoms with Gasteiger partial charge in [0.15, 0.2) is 0 Å². The molecule has 1 aliphatic rings. The Labute approximate surface area is 243 Å². The first-order valence-corrected chi connectivity index (χ1v) is 15.0. The number of thiophene rings is 1. The molecule has 1 heterocycles. The summed E-state index contributed by atoms with van der Waals surface area (Å²) in [7, 11) is 0. The van der Waals surface area contributed by atoms with Crippen molar-refractivity contribution in [1.82, 2.24) is 5.43 Å². The minimum Gasteiger partial charge on any atom is -0.396 e. The summed E-state index contributed by atoms with van der Waals surface area (Å²) in [6.07, 6.45) is 0.564. The van der Waals surface area contributed by atoms with E-state index in [0.717, 1.165) is 59.4 Å². The molecule has 2 amide bonds. The predicted molar refractivity (Wildman–Crippen MR) is 155 cm³/mol. The molecule has 0 spiro atoms. The monoisotopic (exact) mass is 609 g/mol. The summed E-state index contributed by atoms with van der Waals surface area (Å²) in [5, 5.41) is 15.7. The van der Waals surface area contributed by atoms with E-state index in [4.69, 9.17) is 16.7 Å². The van der Waals surface area contributed by atoms with Crippen molar-refractivity contribution in [3.8, 4) is 0 Å². The predicted octanol–water partition coefficient (Wildman–Crippen LogP) is 6.93. The molecule has 1 aromatic heterocycles. The molecule has 0 saturated carbocycles. The fraction of sp³-hybridized carbons (Fsp3) is 0.321. The van der Waals surface area contributed by atoms with Gasteiger partial charge in [-0.3, -0.25) is 9.59 Å². The van der Waals surface area contributed by atoms with Gasteiger partial charge in [-0.05, 0) is 78.8 Å². The van der Waals surface area contributed by atoms with Gasteiger partial charge in [-0.25, -0.2) is 5.43 Å². The zero-order chi connectivity index (χ0) is 28.7. The minimum absolute atomic E-state index is 0.118. The number of hydrogen-bond donors (Lipinski definition) is 3. The van der Waals surface area contributed by atoms with E-state index in [2.05, 4.69) is 15.8 Å². The second-order valence-corrected chi connectivity index (χ2v) is 11.8. The Bertz CT molecular complexity index is 1410. The number of anilines is 1. The number of nitrogens with zero attached hydrogens (tertiary/aromatic N) is 1. The number of fused-ring (bicyclic) bond motifs is 1. The van der Waals surface area contributed by atoms with E-state index in [-0.39, 0.29) is 18.1 Å². The third kappa shape index (κ3) is 7.66. The molecule has 4 rings (SSSR count). The lowest BCUT2D eigenvalue weighted by Gasteiger charge is -2.12. The van der Waals surface area contributed by atoms with Crippen molar-refractivity contribution in [2.24, 2.45) is 5.10 Å². The number of hydrazone groups is 1. The van der Waals surface area contributed by atoms with Crippen molar-refractivity contribution in [2.45, 2.75) is 44.0 Å². The summed E-state index contributed by atoms with van der Waals surface area (Å²) >= 11 is 8.70. The summed E-state index contributed by atoms with van der Waals surface area (Å²) in [6, 6.07) is 10.6. The summed E-state index contributed by atoms with van der Waals surface area (Å²) in [5.74, 6) is 0.623. The van der Waals surface area contributed by atoms with Crippen LogP contribution in [-0.4, -0.2) is 35.5 Å². The van der Waals surface area contributed by atoms with Gasteiger partial charge in [0.05, 0.1) is 22.4 Å². The Morgan fingerprint density at radius 3 is 2.70 bits per heavy atom. The highest BCUT2D eigenvalue weighted by Crippen LogP contribution is 2.38. The number of aliphatic hydroxyl groups excluding tert-OH is 1. The van der Waals surface area contributed by atoms with E-state index in [9.17, 15) is 22.8 Å². The van der Waals surface area contributed by atoms with Gasteiger partial charge in [-0.15, -0.1) is 11.3 Å². The quantitative estimate of drug-likeness (QED) is 0.132. The molecule has 6 nitrogen and oxygen atoms in total. The van der Waals surface area contributed by atoms with Crippen LogP contribution < -0.4 is 10.7 Å². The van der Waals surface area contributed by atoms with Crippen molar-refractivity contribution in [1.29, 1.82) is 0 Å². The summed E-state index contributed by atoms with van der Waals surface area (Å²) < 4.78 is 39.5. The fourth-order valence-electron chi connectivity index (χ4n) is 4.29. The first-order valence-electron chi connectivity index (χ1n) is 12.6. The third-order valence-corrected chi connectivity index (χ3v) is 8.86. The Morgan fingerprint density at radius 1 is 1.12 bits per heavy atom. The van der Waals surface area contributed by atoms with Gasteiger partial charge in [-0.1, -0.05) is 29.8 Å². The van der Waals surface area contributed by atoms with Crippen molar-refractivity contribution in [3.05, 3.63) is 85.7 Å². The van der Waals surface area contributed by atoms with E-state index in [1.54, 1.807) is 30.0 Å². The van der Waals surface area contributed by atoms with Crippen LogP contribution in [0.2, 0.25) is 5.02 Å². The number of amides is 2. The number of aliphatic hydroxyl groups is 1. The molecule has 12 heteroatoms. The van der Waals surface area contributed by atoms with Crippen LogP contribution in [-0.2, 0) is 24.8 Å². The maximum atomic E-state index is 13.2. The van der Waals surface area contributed by atoms with E-state index in [1.807, 2.05) is 6.07 Å². The molecule has 0 radical (unpaired) electrons. The number of benzene rings is 2. The molecule has 212 valence electrons. The third-order valence-electron chi connectivity index (χ3n) is 6.21. The highest BCUT2D eigenvalue weighted by atomic mass is 35.5. The van der Waals surface area contributed by atoms with Crippen LogP contribution in [0.25, 0.3) is 0 Å². The van der Waals surface area contributed by atoms with Gasteiger partial charge in [-0.2, -0.15) is 30.0 Å². The molecule has 1 aliphatic carbocycles.